The fourth-order valence-electron chi connectivity index (χ4n) is 8.62. The normalized spacial score (nSPS) is 31.8. The Labute approximate surface area is 227 Å². The molecule has 1 N–H and O–H groups in total. The van der Waals surface area contributed by atoms with E-state index < -0.39 is 0 Å². The van der Waals surface area contributed by atoms with Gasteiger partial charge in [-0.05, 0) is 110 Å². The molecule has 4 fully saturated rings. The van der Waals surface area contributed by atoms with Gasteiger partial charge in [0.1, 0.15) is 11.6 Å². The molecule has 0 radical (unpaired) electrons. The molecule has 7 rings (SSSR count). The SMILES string of the molecule is CCCC[C@H]1Cc2cc(OC)ccc2[C@H](c2ccc(NC34CC5CC(CC(C5)C3)C4)cc2)N1C(=O)CCl. The van der Waals surface area contributed by atoms with Gasteiger partial charge in [0.2, 0.25) is 5.91 Å². The van der Waals surface area contributed by atoms with Gasteiger partial charge in [-0.1, -0.05) is 38.0 Å². The van der Waals surface area contributed by atoms with Gasteiger partial charge in [-0.15, -0.1) is 11.6 Å². The van der Waals surface area contributed by atoms with Crippen molar-refractivity contribution in [1.82, 2.24) is 4.90 Å². The second-order valence-electron chi connectivity index (χ2n) is 12.3. The van der Waals surface area contributed by atoms with Gasteiger partial charge in [0.15, 0.2) is 0 Å². The second kappa shape index (κ2) is 10.2. The topological polar surface area (TPSA) is 41.6 Å². The summed E-state index contributed by atoms with van der Waals surface area (Å²) in [7, 11) is 1.72. The van der Waals surface area contributed by atoms with Crippen molar-refractivity contribution in [2.75, 3.05) is 18.3 Å². The molecule has 198 valence electrons. The first-order valence-electron chi connectivity index (χ1n) is 14.4. The predicted molar refractivity (Wildman–Crippen MR) is 150 cm³/mol. The summed E-state index contributed by atoms with van der Waals surface area (Å²) in [6.07, 6.45) is 12.4. The molecule has 1 amide bonds. The van der Waals surface area contributed by atoms with Crippen LogP contribution in [0.15, 0.2) is 42.5 Å². The summed E-state index contributed by atoms with van der Waals surface area (Å²) in [5, 5.41) is 4.01. The summed E-state index contributed by atoms with van der Waals surface area (Å²) < 4.78 is 5.55. The van der Waals surface area contributed by atoms with Crippen molar-refractivity contribution in [2.45, 2.75) is 88.8 Å². The van der Waals surface area contributed by atoms with E-state index in [0.717, 1.165) is 54.7 Å². The average Bonchev–Trinajstić information content (AvgIpc) is 2.89. The Hall–Kier alpha value is -2.20. The standard InChI is InChI=1S/C32H41ClN2O2/c1-3-4-5-27-15-25-16-28(37-2)10-11-29(25)31(35(27)30(36)20-33)24-6-8-26(9-7-24)34-32-17-21-12-22(18-32)14-23(13-21)19-32/h6-11,16,21-23,27,31,34H,3-5,12-15,17-20H2,1-2H3/t21?,22?,23?,27-,31-,32?/m0/s1. The molecule has 1 aliphatic heterocycles. The highest BCUT2D eigenvalue weighted by Gasteiger charge is 2.51. The van der Waals surface area contributed by atoms with Crippen LogP contribution in [-0.2, 0) is 11.2 Å². The average molecular weight is 521 g/mol. The molecule has 0 spiro atoms. The van der Waals surface area contributed by atoms with Crippen LogP contribution >= 0.6 is 11.6 Å². The Balaban J connectivity index is 1.31. The van der Waals surface area contributed by atoms with Gasteiger partial charge in [-0.3, -0.25) is 4.79 Å². The number of carbonyl (C=O) groups excluding carboxylic acids is 1. The Morgan fingerprint density at radius 1 is 1.05 bits per heavy atom. The summed E-state index contributed by atoms with van der Waals surface area (Å²) in [4.78, 5) is 15.4. The van der Waals surface area contributed by atoms with Crippen LogP contribution in [0.3, 0.4) is 0 Å². The smallest absolute Gasteiger partial charge is 0.238 e. The third kappa shape index (κ3) is 4.75. The molecule has 2 atom stereocenters. The van der Waals surface area contributed by atoms with E-state index in [2.05, 4.69) is 53.5 Å². The summed E-state index contributed by atoms with van der Waals surface area (Å²) in [5.74, 6) is 3.66. The Kier molecular flexibility index (Phi) is 6.90. The zero-order valence-electron chi connectivity index (χ0n) is 22.3. The minimum atomic E-state index is -0.128. The lowest BCUT2D eigenvalue weighted by Crippen LogP contribution is -2.54. The molecule has 2 aromatic rings. The number of rotatable bonds is 8. The van der Waals surface area contributed by atoms with Crippen molar-refractivity contribution >= 4 is 23.2 Å². The highest BCUT2D eigenvalue weighted by atomic mass is 35.5. The van der Waals surface area contributed by atoms with Crippen molar-refractivity contribution in [3.8, 4) is 5.75 Å². The van der Waals surface area contributed by atoms with Crippen LogP contribution in [0.25, 0.3) is 0 Å². The molecule has 1 heterocycles. The monoisotopic (exact) mass is 520 g/mol. The first-order chi connectivity index (χ1) is 18.0. The van der Waals surface area contributed by atoms with E-state index >= 15 is 0 Å². The van der Waals surface area contributed by atoms with E-state index in [1.54, 1.807) is 7.11 Å². The molecule has 4 aliphatic carbocycles. The molecule has 4 bridgehead atoms. The molecule has 5 heteroatoms. The number of halogens is 1. The molecule has 0 unspecified atom stereocenters. The number of ether oxygens (including phenoxy) is 1. The zero-order chi connectivity index (χ0) is 25.6. The molecule has 5 aliphatic rings. The number of alkyl halides is 1. The Morgan fingerprint density at radius 2 is 1.73 bits per heavy atom. The number of amides is 1. The number of hydrogen-bond acceptors (Lipinski definition) is 3. The van der Waals surface area contributed by atoms with Gasteiger partial charge >= 0.3 is 0 Å². The quantitative estimate of drug-likeness (QED) is 0.370. The molecule has 0 saturated heterocycles. The van der Waals surface area contributed by atoms with Gasteiger partial charge in [-0.25, -0.2) is 0 Å². The second-order valence-corrected chi connectivity index (χ2v) is 12.6. The third-order valence-electron chi connectivity index (χ3n) is 9.74. The van der Waals surface area contributed by atoms with E-state index in [0.29, 0.717) is 0 Å². The van der Waals surface area contributed by atoms with Crippen LogP contribution in [0.4, 0.5) is 5.69 Å². The number of benzene rings is 2. The van der Waals surface area contributed by atoms with Crippen LogP contribution in [0.2, 0.25) is 0 Å². The number of nitrogens with zero attached hydrogens (tertiary/aromatic N) is 1. The minimum absolute atomic E-state index is 0.0102. The summed E-state index contributed by atoms with van der Waals surface area (Å²) in [6, 6.07) is 15.3. The lowest BCUT2D eigenvalue weighted by atomic mass is 9.53. The number of fused-ring (bicyclic) bond motifs is 1. The van der Waals surface area contributed by atoms with E-state index in [9.17, 15) is 4.79 Å². The van der Waals surface area contributed by atoms with E-state index in [1.165, 1.54) is 55.3 Å². The molecular weight excluding hydrogens is 480 g/mol. The van der Waals surface area contributed by atoms with Gasteiger partial charge in [0.05, 0.1) is 13.2 Å². The molecule has 2 aromatic carbocycles. The maximum atomic E-state index is 13.3. The zero-order valence-corrected chi connectivity index (χ0v) is 23.1. The maximum Gasteiger partial charge on any atom is 0.238 e. The minimum Gasteiger partial charge on any atom is -0.497 e. The molecule has 4 saturated carbocycles. The first kappa shape index (κ1) is 25.1. The Morgan fingerprint density at radius 3 is 2.32 bits per heavy atom. The summed E-state index contributed by atoms with van der Waals surface area (Å²) >= 11 is 6.19. The lowest BCUT2D eigenvalue weighted by molar-refractivity contribution is -0.133. The van der Waals surface area contributed by atoms with Crippen LogP contribution in [0.1, 0.15) is 87.4 Å². The van der Waals surface area contributed by atoms with Crippen LogP contribution in [-0.4, -0.2) is 35.4 Å². The van der Waals surface area contributed by atoms with Gasteiger partial charge in [0, 0.05) is 17.3 Å². The number of unbranched alkanes of at least 4 members (excludes halogenated alkanes) is 1. The summed E-state index contributed by atoms with van der Waals surface area (Å²) in [6.45, 7) is 2.21. The van der Waals surface area contributed by atoms with Crippen LogP contribution in [0.5, 0.6) is 5.75 Å². The fraction of sp³-hybridized carbons (Fsp3) is 0.594. The molecule has 37 heavy (non-hydrogen) atoms. The van der Waals surface area contributed by atoms with Crippen molar-refractivity contribution in [3.63, 3.8) is 0 Å². The molecular formula is C32H41ClN2O2. The number of carbonyl (C=O) groups is 1. The van der Waals surface area contributed by atoms with E-state index in [4.69, 9.17) is 16.3 Å². The van der Waals surface area contributed by atoms with Crippen LogP contribution < -0.4 is 10.1 Å². The lowest BCUT2D eigenvalue weighted by Gasteiger charge is -2.57. The predicted octanol–water partition coefficient (Wildman–Crippen LogP) is 7.35. The first-order valence-corrected chi connectivity index (χ1v) is 15.0. The molecule has 4 nitrogen and oxygen atoms in total. The molecule has 0 aromatic heterocycles. The number of methoxy groups -OCH3 is 1. The van der Waals surface area contributed by atoms with Crippen LogP contribution in [0, 0.1) is 17.8 Å². The van der Waals surface area contributed by atoms with Crippen molar-refractivity contribution in [2.24, 2.45) is 17.8 Å². The van der Waals surface area contributed by atoms with Crippen molar-refractivity contribution in [3.05, 3.63) is 59.2 Å². The van der Waals surface area contributed by atoms with Gasteiger partial charge < -0.3 is 15.0 Å². The maximum absolute atomic E-state index is 13.3. The third-order valence-corrected chi connectivity index (χ3v) is 9.97. The van der Waals surface area contributed by atoms with Gasteiger partial charge in [0.25, 0.3) is 0 Å². The number of hydrogen-bond donors (Lipinski definition) is 1. The van der Waals surface area contributed by atoms with Gasteiger partial charge in [-0.2, -0.15) is 0 Å². The number of nitrogens with one attached hydrogen (secondary N) is 1. The highest BCUT2D eigenvalue weighted by molar-refractivity contribution is 6.27. The highest BCUT2D eigenvalue weighted by Crippen LogP contribution is 2.56. The summed E-state index contributed by atoms with van der Waals surface area (Å²) in [5.41, 5.74) is 5.13. The number of anilines is 1. The fourth-order valence-corrected chi connectivity index (χ4v) is 8.76. The van der Waals surface area contributed by atoms with E-state index in [1.807, 2.05) is 6.07 Å². The van der Waals surface area contributed by atoms with E-state index in [-0.39, 0.29) is 29.4 Å². The van der Waals surface area contributed by atoms with Crippen molar-refractivity contribution < 1.29 is 9.53 Å². The largest absolute Gasteiger partial charge is 0.497 e. The van der Waals surface area contributed by atoms with Crippen molar-refractivity contribution in [1.29, 1.82) is 0 Å². The Bertz CT molecular complexity index is 1090.